The Kier molecular flexibility index (Phi) is 5.87. The van der Waals surface area contributed by atoms with Gasteiger partial charge in [0.15, 0.2) is 5.60 Å². The van der Waals surface area contributed by atoms with Gasteiger partial charge < -0.3 is 19.1 Å². The average molecular weight is 440 g/mol. The Balaban J connectivity index is 1.41. The molecule has 1 amide bonds. The molecule has 0 N–H and O–H groups in total. The van der Waals surface area contributed by atoms with Gasteiger partial charge in [-0.05, 0) is 57.2 Å². The van der Waals surface area contributed by atoms with E-state index in [9.17, 15) is 4.79 Å². The van der Waals surface area contributed by atoms with Gasteiger partial charge in [-0.1, -0.05) is 11.6 Å². The highest BCUT2D eigenvalue weighted by atomic mass is 35.5. The van der Waals surface area contributed by atoms with Gasteiger partial charge in [0.05, 0.1) is 0 Å². The molecule has 2 aromatic heterocycles. The van der Waals surface area contributed by atoms with Gasteiger partial charge in [0.1, 0.15) is 23.2 Å². The first kappa shape index (κ1) is 21.2. The number of carbonyl (C=O) groups is 1. The molecule has 3 heterocycles. The number of aromatic nitrogens is 3. The number of carbonyl (C=O) groups excluding carboxylic acids is 1. The lowest BCUT2D eigenvalue weighted by Crippen LogP contribution is -2.56. The Hall–Kier alpha value is -3.06. The molecule has 0 spiro atoms. The average Bonchev–Trinajstić information content (AvgIpc) is 3.29. The zero-order chi connectivity index (χ0) is 22.0. The highest BCUT2D eigenvalue weighted by Gasteiger charge is 2.36. The van der Waals surface area contributed by atoms with Gasteiger partial charge in [0.25, 0.3) is 5.91 Å². The number of rotatable bonds is 5. The van der Waals surface area contributed by atoms with Crippen molar-refractivity contribution in [2.75, 3.05) is 31.1 Å². The fraction of sp³-hybridized carbons (Fsp3) is 0.348. The lowest BCUT2D eigenvalue weighted by Gasteiger charge is -2.39. The van der Waals surface area contributed by atoms with Gasteiger partial charge in [0.2, 0.25) is 0 Å². The van der Waals surface area contributed by atoms with Gasteiger partial charge in [-0.2, -0.15) is 0 Å². The Morgan fingerprint density at radius 2 is 1.61 bits per heavy atom. The summed E-state index contributed by atoms with van der Waals surface area (Å²) in [4.78, 5) is 26.3. The number of aryl methyl sites for hydroxylation is 1. The van der Waals surface area contributed by atoms with E-state index in [1.165, 1.54) is 0 Å². The maximum absolute atomic E-state index is 13.1. The van der Waals surface area contributed by atoms with E-state index in [4.69, 9.17) is 16.3 Å². The minimum Gasteiger partial charge on any atom is -0.478 e. The Bertz CT molecular complexity index is 1040. The van der Waals surface area contributed by atoms with Crippen LogP contribution in [0.15, 0.2) is 54.9 Å². The van der Waals surface area contributed by atoms with Crippen molar-refractivity contribution in [3.8, 4) is 11.6 Å². The molecule has 31 heavy (non-hydrogen) atoms. The third-order valence-electron chi connectivity index (χ3n) is 5.27. The highest BCUT2D eigenvalue weighted by molar-refractivity contribution is 6.30. The van der Waals surface area contributed by atoms with E-state index in [0.717, 1.165) is 17.5 Å². The molecule has 1 fully saturated rings. The summed E-state index contributed by atoms with van der Waals surface area (Å²) in [7, 11) is 0. The van der Waals surface area contributed by atoms with Crippen molar-refractivity contribution in [3.63, 3.8) is 0 Å². The minimum atomic E-state index is -0.969. The maximum atomic E-state index is 13.1. The summed E-state index contributed by atoms with van der Waals surface area (Å²) in [6.45, 7) is 8.10. The van der Waals surface area contributed by atoms with Crippen LogP contribution in [0.5, 0.6) is 5.75 Å². The molecule has 0 aliphatic carbocycles. The largest absolute Gasteiger partial charge is 0.478 e. The van der Waals surface area contributed by atoms with Crippen LogP contribution in [0.1, 0.15) is 19.7 Å². The second-order valence-corrected chi connectivity index (χ2v) is 8.50. The van der Waals surface area contributed by atoms with E-state index < -0.39 is 5.60 Å². The molecule has 7 nitrogen and oxygen atoms in total. The van der Waals surface area contributed by atoms with E-state index in [1.54, 1.807) is 38.1 Å². The SMILES string of the molecule is Cc1nc(N2CCN(C(=O)C(C)(C)Oc3ccc(Cl)cc3)CC2)cc(-n2cccc2)n1. The molecule has 1 aliphatic heterocycles. The van der Waals surface area contributed by atoms with Crippen LogP contribution >= 0.6 is 11.6 Å². The molecule has 162 valence electrons. The minimum absolute atomic E-state index is 0.0333. The summed E-state index contributed by atoms with van der Waals surface area (Å²) in [5.41, 5.74) is -0.969. The molecule has 4 rings (SSSR count). The first-order valence-corrected chi connectivity index (χ1v) is 10.7. The normalized spacial score (nSPS) is 14.6. The van der Waals surface area contributed by atoms with E-state index in [1.807, 2.05) is 47.0 Å². The predicted molar refractivity (Wildman–Crippen MR) is 121 cm³/mol. The monoisotopic (exact) mass is 439 g/mol. The van der Waals surface area contributed by atoms with Gasteiger partial charge in [-0.3, -0.25) is 4.79 Å². The zero-order valence-corrected chi connectivity index (χ0v) is 18.7. The van der Waals surface area contributed by atoms with Gasteiger partial charge in [-0.15, -0.1) is 0 Å². The quantitative estimate of drug-likeness (QED) is 0.606. The maximum Gasteiger partial charge on any atom is 0.266 e. The van der Waals surface area contributed by atoms with Crippen molar-refractivity contribution < 1.29 is 9.53 Å². The van der Waals surface area contributed by atoms with Crippen LogP contribution in [0, 0.1) is 6.92 Å². The van der Waals surface area contributed by atoms with Crippen molar-refractivity contribution in [2.45, 2.75) is 26.4 Å². The third kappa shape index (κ3) is 4.82. The van der Waals surface area contributed by atoms with Crippen molar-refractivity contribution in [1.82, 2.24) is 19.4 Å². The van der Waals surface area contributed by atoms with E-state index in [0.29, 0.717) is 37.0 Å². The molecule has 0 atom stereocenters. The highest BCUT2D eigenvalue weighted by Crippen LogP contribution is 2.24. The summed E-state index contributed by atoms with van der Waals surface area (Å²) in [6.07, 6.45) is 3.93. The van der Waals surface area contributed by atoms with E-state index in [2.05, 4.69) is 14.9 Å². The number of nitrogens with zero attached hydrogens (tertiary/aromatic N) is 5. The van der Waals surface area contributed by atoms with E-state index in [-0.39, 0.29) is 5.91 Å². The van der Waals surface area contributed by atoms with Crippen molar-refractivity contribution in [3.05, 3.63) is 65.7 Å². The summed E-state index contributed by atoms with van der Waals surface area (Å²) in [6, 6.07) is 13.0. The standard InChI is InChI=1S/C23H26ClN5O2/c1-17-25-20(27-10-4-5-11-27)16-21(26-17)28-12-14-29(15-13-28)22(30)23(2,3)31-19-8-6-18(24)7-9-19/h4-11,16H,12-15H2,1-3H3. The summed E-state index contributed by atoms with van der Waals surface area (Å²) in [5.74, 6) is 3.02. The lowest BCUT2D eigenvalue weighted by molar-refractivity contribution is -0.145. The fourth-order valence-electron chi connectivity index (χ4n) is 3.68. The van der Waals surface area contributed by atoms with Crippen LogP contribution in [0.3, 0.4) is 0 Å². The molecule has 1 saturated heterocycles. The first-order valence-electron chi connectivity index (χ1n) is 10.3. The topological polar surface area (TPSA) is 63.5 Å². The number of halogens is 1. The Morgan fingerprint density at radius 3 is 2.26 bits per heavy atom. The number of anilines is 1. The van der Waals surface area contributed by atoms with Crippen molar-refractivity contribution >= 4 is 23.3 Å². The summed E-state index contributed by atoms with van der Waals surface area (Å²) in [5, 5.41) is 0.632. The molecule has 0 radical (unpaired) electrons. The number of piperazine rings is 1. The van der Waals surface area contributed by atoms with Crippen molar-refractivity contribution in [2.24, 2.45) is 0 Å². The molecule has 8 heteroatoms. The second kappa shape index (κ2) is 8.59. The number of ether oxygens (including phenoxy) is 1. The molecule has 1 aromatic carbocycles. The van der Waals surface area contributed by atoms with Crippen LogP contribution in [0.2, 0.25) is 5.02 Å². The molecule has 1 aliphatic rings. The van der Waals surface area contributed by atoms with Gasteiger partial charge in [0, 0.05) is 49.7 Å². The molecular formula is C23H26ClN5O2. The number of hydrogen-bond donors (Lipinski definition) is 0. The van der Waals surface area contributed by atoms with Gasteiger partial charge >= 0.3 is 0 Å². The predicted octanol–water partition coefficient (Wildman–Crippen LogP) is 3.74. The number of benzene rings is 1. The third-order valence-corrected chi connectivity index (χ3v) is 5.52. The smallest absolute Gasteiger partial charge is 0.266 e. The molecule has 0 saturated carbocycles. The Labute approximate surface area is 187 Å². The van der Waals surface area contributed by atoms with Gasteiger partial charge in [-0.25, -0.2) is 9.97 Å². The number of amides is 1. The molecular weight excluding hydrogens is 414 g/mol. The molecule has 0 bridgehead atoms. The summed E-state index contributed by atoms with van der Waals surface area (Å²) < 4.78 is 7.94. The first-order chi connectivity index (χ1) is 14.8. The Morgan fingerprint density at radius 1 is 1.00 bits per heavy atom. The van der Waals surface area contributed by atoms with Crippen LogP contribution in [-0.2, 0) is 4.79 Å². The summed E-state index contributed by atoms with van der Waals surface area (Å²) >= 11 is 5.93. The zero-order valence-electron chi connectivity index (χ0n) is 18.0. The second-order valence-electron chi connectivity index (χ2n) is 8.07. The number of hydrogen-bond acceptors (Lipinski definition) is 5. The lowest BCUT2D eigenvalue weighted by atomic mass is 10.1. The fourth-order valence-corrected chi connectivity index (χ4v) is 3.80. The molecule has 3 aromatic rings. The van der Waals surface area contributed by atoms with Crippen LogP contribution in [0.25, 0.3) is 5.82 Å². The molecule has 0 unspecified atom stereocenters. The van der Waals surface area contributed by atoms with Crippen LogP contribution in [-0.4, -0.2) is 57.1 Å². The van der Waals surface area contributed by atoms with Crippen LogP contribution < -0.4 is 9.64 Å². The van der Waals surface area contributed by atoms with Crippen LogP contribution in [0.4, 0.5) is 5.82 Å². The van der Waals surface area contributed by atoms with E-state index >= 15 is 0 Å². The van der Waals surface area contributed by atoms with Crippen molar-refractivity contribution in [1.29, 1.82) is 0 Å².